The third-order valence-electron chi connectivity index (χ3n) is 15.3. The Labute approximate surface area is 270 Å². The second-order valence-corrected chi connectivity index (χ2v) is 18.1. The Morgan fingerprint density at radius 2 is 1.78 bits per heavy atom. The molecule has 254 valence electrons. The van der Waals surface area contributed by atoms with Crippen LogP contribution in [0.4, 0.5) is 4.79 Å². The van der Waals surface area contributed by atoms with Crippen LogP contribution in [0.5, 0.6) is 0 Å². The summed E-state index contributed by atoms with van der Waals surface area (Å²) in [6, 6.07) is 0. The number of likely N-dealkylation sites (tertiary alicyclic amines) is 1. The summed E-state index contributed by atoms with van der Waals surface area (Å²) in [6.45, 7) is 16.7. The summed E-state index contributed by atoms with van der Waals surface area (Å²) in [4.78, 5) is 26.3. The maximum atomic E-state index is 13.2. The van der Waals surface area contributed by atoms with Crippen LogP contribution in [0.1, 0.15) is 113 Å². The maximum Gasteiger partial charge on any atom is 0.410 e. The molecule has 5 saturated carbocycles. The molecule has 0 aromatic carbocycles. The Kier molecular flexibility index (Phi) is 7.55. The molecule has 1 amide bonds. The number of carbonyl (C=O) groups excluding carboxylic acids is 1. The molecule has 7 aliphatic rings. The SMILES string of the molecule is CCO[C@@H](C1C[C@@H](C)C2C(CC3C4CCC5C(C)(C)[C@@H](OC(=O)N6CC[C@@H](C(=O)O)C6)CC[C@@]56C[C@@]46CC[C@@]32C)O1)C(C)(C)O. The van der Waals surface area contributed by atoms with Gasteiger partial charge in [-0.15, -0.1) is 0 Å². The highest BCUT2D eigenvalue weighted by atomic mass is 16.6. The highest BCUT2D eigenvalue weighted by Crippen LogP contribution is 2.87. The molecule has 7 rings (SSSR count). The predicted octanol–water partition coefficient (Wildman–Crippen LogP) is 6.53. The largest absolute Gasteiger partial charge is 0.481 e. The Bertz CT molecular complexity index is 1200. The standard InChI is InChI=1S/C37H59NO7/c1-8-43-30(34(5,6)42)26-17-21(2)29-25(44-26)18-24-23-9-10-27-33(3,4)28(45-32(41)38-16-12-22(19-38)31(39)40)11-13-37(27)20-36(23,37)15-14-35(24,29)7/h21-30,42H,8-20H2,1-7H3,(H,39,40)/t21-,22-,23?,24?,25?,26?,27?,28+,29?,30+,35+,36+,37-/m1/s1. The summed E-state index contributed by atoms with van der Waals surface area (Å²) in [5, 5.41) is 20.4. The lowest BCUT2D eigenvalue weighted by atomic mass is 9.46. The zero-order valence-corrected chi connectivity index (χ0v) is 28.8. The van der Waals surface area contributed by atoms with E-state index in [4.69, 9.17) is 14.2 Å². The van der Waals surface area contributed by atoms with E-state index in [9.17, 15) is 19.8 Å². The monoisotopic (exact) mass is 629 g/mol. The number of nitrogens with zero attached hydrogens (tertiary/aromatic N) is 1. The smallest absolute Gasteiger partial charge is 0.410 e. The number of carboxylic acids is 1. The van der Waals surface area contributed by atoms with E-state index in [0.717, 1.165) is 31.6 Å². The third-order valence-corrected chi connectivity index (χ3v) is 15.3. The van der Waals surface area contributed by atoms with Crippen LogP contribution in [0.2, 0.25) is 0 Å². The van der Waals surface area contributed by atoms with Crippen molar-refractivity contribution in [1.82, 2.24) is 4.90 Å². The van der Waals surface area contributed by atoms with E-state index in [1.165, 1.54) is 32.1 Å². The van der Waals surface area contributed by atoms with Crippen LogP contribution in [0.15, 0.2) is 0 Å². The fourth-order valence-electron chi connectivity index (χ4n) is 13.5. The average Bonchev–Trinajstić information content (AvgIpc) is 3.22. The van der Waals surface area contributed by atoms with Crippen LogP contribution in [0.25, 0.3) is 0 Å². The minimum absolute atomic E-state index is 0.0729. The molecule has 0 aromatic rings. The van der Waals surface area contributed by atoms with Crippen LogP contribution < -0.4 is 0 Å². The van der Waals surface area contributed by atoms with E-state index in [2.05, 4.69) is 27.7 Å². The number of carboxylic acid groups (broad SMARTS) is 1. The summed E-state index contributed by atoms with van der Waals surface area (Å²) < 4.78 is 19.3. The third kappa shape index (κ3) is 4.60. The number of aliphatic hydroxyl groups is 1. The van der Waals surface area contributed by atoms with Crippen molar-refractivity contribution in [2.75, 3.05) is 19.7 Å². The van der Waals surface area contributed by atoms with Crippen molar-refractivity contribution in [3.63, 3.8) is 0 Å². The lowest BCUT2D eigenvalue weighted by Crippen LogP contribution is -2.56. The number of carbonyl (C=O) groups is 2. The van der Waals surface area contributed by atoms with Crippen molar-refractivity contribution < 1.29 is 34.0 Å². The first-order valence-electron chi connectivity index (χ1n) is 18.3. The van der Waals surface area contributed by atoms with Gasteiger partial charge in [-0.25, -0.2) is 4.79 Å². The van der Waals surface area contributed by atoms with Gasteiger partial charge in [0.15, 0.2) is 0 Å². The Balaban J connectivity index is 1.07. The van der Waals surface area contributed by atoms with E-state index in [1.807, 2.05) is 20.8 Å². The predicted molar refractivity (Wildman–Crippen MR) is 169 cm³/mol. The van der Waals surface area contributed by atoms with Crippen molar-refractivity contribution in [2.24, 2.45) is 57.2 Å². The molecular weight excluding hydrogens is 570 g/mol. The second kappa shape index (κ2) is 10.6. The number of hydrogen-bond acceptors (Lipinski definition) is 6. The normalized spacial score (nSPS) is 48.7. The van der Waals surface area contributed by atoms with Gasteiger partial charge in [-0.2, -0.15) is 0 Å². The number of rotatable bonds is 6. The Hall–Kier alpha value is -1.38. The van der Waals surface area contributed by atoms with E-state index >= 15 is 0 Å². The molecule has 8 heteroatoms. The number of amides is 1. The molecule has 2 N–H and O–H groups in total. The van der Waals surface area contributed by atoms with Gasteiger partial charge in [0.05, 0.1) is 23.7 Å². The van der Waals surface area contributed by atoms with Crippen LogP contribution in [-0.2, 0) is 19.0 Å². The average molecular weight is 630 g/mol. The van der Waals surface area contributed by atoms with Crippen LogP contribution in [-0.4, -0.2) is 76.9 Å². The van der Waals surface area contributed by atoms with Gasteiger partial charge in [-0.05, 0) is 131 Å². The number of hydrogen-bond donors (Lipinski definition) is 2. The van der Waals surface area contributed by atoms with Gasteiger partial charge >= 0.3 is 12.1 Å². The van der Waals surface area contributed by atoms with Crippen molar-refractivity contribution in [3.8, 4) is 0 Å². The highest BCUT2D eigenvalue weighted by molar-refractivity contribution is 5.74. The molecule has 7 fully saturated rings. The molecule has 2 aliphatic heterocycles. The maximum absolute atomic E-state index is 13.2. The topological polar surface area (TPSA) is 106 Å². The molecule has 0 radical (unpaired) electrons. The van der Waals surface area contributed by atoms with Gasteiger partial charge in [0.1, 0.15) is 12.2 Å². The molecular formula is C37H59NO7. The van der Waals surface area contributed by atoms with Crippen molar-refractivity contribution in [2.45, 2.75) is 143 Å². The first kappa shape index (κ1) is 32.2. The van der Waals surface area contributed by atoms with Gasteiger partial charge in [-0.1, -0.05) is 27.7 Å². The first-order valence-corrected chi connectivity index (χ1v) is 18.3. The van der Waals surface area contributed by atoms with Crippen molar-refractivity contribution in [1.29, 1.82) is 0 Å². The van der Waals surface area contributed by atoms with E-state index in [1.54, 1.807) is 4.90 Å². The summed E-state index contributed by atoms with van der Waals surface area (Å²) in [5.41, 5.74) is 0.0153. The van der Waals surface area contributed by atoms with Crippen molar-refractivity contribution >= 4 is 12.1 Å². The summed E-state index contributed by atoms with van der Waals surface area (Å²) in [6.07, 6.45) is 10.4. The molecule has 2 spiro atoms. The Morgan fingerprint density at radius 3 is 2.44 bits per heavy atom. The molecule has 6 unspecified atom stereocenters. The van der Waals surface area contributed by atoms with Crippen LogP contribution in [0, 0.1) is 57.2 Å². The van der Waals surface area contributed by atoms with E-state index in [-0.39, 0.29) is 42.5 Å². The molecule has 45 heavy (non-hydrogen) atoms. The fraction of sp³-hybridized carbons (Fsp3) is 0.946. The number of aliphatic carboxylic acids is 1. The number of fused-ring (bicyclic) bond motifs is 4. The zero-order chi connectivity index (χ0) is 32.3. The number of ether oxygens (including phenoxy) is 3. The molecule has 0 aromatic heterocycles. The molecule has 2 saturated heterocycles. The first-order chi connectivity index (χ1) is 21.1. The van der Waals surface area contributed by atoms with Gasteiger partial charge in [0.2, 0.25) is 0 Å². The van der Waals surface area contributed by atoms with Crippen LogP contribution >= 0.6 is 0 Å². The second-order valence-electron chi connectivity index (χ2n) is 18.1. The van der Waals surface area contributed by atoms with Gasteiger partial charge in [0.25, 0.3) is 0 Å². The van der Waals surface area contributed by atoms with Gasteiger partial charge < -0.3 is 29.3 Å². The van der Waals surface area contributed by atoms with Crippen molar-refractivity contribution in [3.05, 3.63) is 0 Å². The van der Waals surface area contributed by atoms with Gasteiger partial charge in [-0.3, -0.25) is 4.79 Å². The molecule has 8 nitrogen and oxygen atoms in total. The summed E-state index contributed by atoms with van der Waals surface area (Å²) in [7, 11) is 0. The highest BCUT2D eigenvalue weighted by Gasteiger charge is 2.81. The molecule has 2 heterocycles. The molecule has 0 bridgehead atoms. The fourth-order valence-corrected chi connectivity index (χ4v) is 13.5. The molecule has 13 atom stereocenters. The lowest BCUT2D eigenvalue weighted by Gasteiger charge is -2.59. The zero-order valence-electron chi connectivity index (χ0n) is 28.8. The summed E-state index contributed by atoms with van der Waals surface area (Å²) >= 11 is 0. The van der Waals surface area contributed by atoms with E-state index in [0.29, 0.717) is 59.5 Å². The minimum Gasteiger partial charge on any atom is -0.481 e. The summed E-state index contributed by atoms with van der Waals surface area (Å²) in [5.74, 6) is 1.75. The van der Waals surface area contributed by atoms with E-state index < -0.39 is 17.5 Å². The molecule has 5 aliphatic carbocycles. The van der Waals surface area contributed by atoms with Crippen LogP contribution in [0.3, 0.4) is 0 Å². The minimum atomic E-state index is -0.944. The van der Waals surface area contributed by atoms with Gasteiger partial charge in [0, 0.05) is 25.1 Å². The quantitative estimate of drug-likeness (QED) is 0.344. The Morgan fingerprint density at radius 1 is 1.02 bits per heavy atom. The lowest BCUT2D eigenvalue weighted by molar-refractivity contribution is -0.204.